The Morgan fingerprint density at radius 1 is 1.10 bits per heavy atom. The van der Waals surface area contributed by atoms with E-state index < -0.39 is 16.0 Å². The summed E-state index contributed by atoms with van der Waals surface area (Å²) in [4.78, 5) is 15.9. The van der Waals surface area contributed by atoms with Crippen LogP contribution in [0.5, 0.6) is 0 Å². The van der Waals surface area contributed by atoms with E-state index in [2.05, 4.69) is 18.7 Å². The molecule has 0 aliphatic carbocycles. The molecule has 0 amide bonds. The fraction of sp³-hybridized carbons (Fsp3) is 0.476. The minimum Gasteiger partial charge on any atom is -0.465 e. The lowest BCUT2D eigenvalue weighted by atomic mass is 10.0. The van der Waals surface area contributed by atoms with Crippen molar-refractivity contribution in [3.8, 4) is 0 Å². The molecule has 8 heteroatoms. The molecule has 2 aliphatic rings. The Bertz CT molecular complexity index is 1040. The van der Waals surface area contributed by atoms with E-state index in [1.807, 2.05) is 24.3 Å². The van der Waals surface area contributed by atoms with Gasteiger partial charge in [-0.25, -0.2) is 13.2 Å². The number of sulfonamides is 1. The molecule has 1 aromatic carbocycles. The topological polar surface area (TPSA) is 66.9 Å². The van der Waals surface area contributed by atoms with E-state index in [4.69, 9.17) is 4.74 Å². The third-order valence-electron chi connectivity index (χ3n) is 5.84. The predicted octanol–water partition coefficient (Wildman–Crippen LogP) is 3.05. The van der Waals surface area contributed by atoms with E-state index in [1.54, 1.807) is 0 Å². The van der Waals surface area contributed by atoms with Crippen molar-refractivity contribution in [2.45, 2.75) is 50.0 Å². The van der Waals surface area contributed by atoms with Crippen molar-refractivity contribution in [3.05, 3.63) is 51.4 Å². The first-order valence-electron chi connectivity index (χ1n) is 9.86. The van der Waals surface area contributed by atoms with Gasteiger partial charge in [0.2, 0.25) is 0 Å². The van der Waals surface area contributed by atoms with Crippen LogP contribution < -0.4 is 0 Å². The third-order valence-corrected chi connectivity index (χ3v) is 9.40. The van der Waals surface area contributed by atoms with Crippen LogP contribution in [0.3, 0.4) is 0 Å². The van der Waals surface area contributed by atoms with Gasteiger partial charge in [0.25, 0.3) is 10.0 Å². The molecule has 0 saturated heterocycles. The molecule has 0 N–H and O–H groups in total. The number of methoxy groups -OCH3 is 1. The molecule has 4 rings (SSSR count). The maximum absolute atomic E-state index is 13.6. The standard InChI is InChI=1S/C21H26N2O4S2/c1-14(2)22-10-9-17-18(13-22)28-21(19(17)20(24)27-3)29(25,26)23-11-8-15-6-4-5-7-16(15)12-23/h4-7,14H,8-13H2,1-3H3. The molecule has 2 aromatic rings. The molecule has 156 valence electrons. The number of fused-ring (bicyclic) bond motifs is 2. The first-order valence-corrected chi connectivity index (χ1v) is 12.1. The van der Waals surface area contributed by atoms with E-state index in [0.29, 0.717) is 38.5 Å². The molecule has 0 spiro atoms. The largest absolute Gasteiger partial charge is 0.465 e. The normalized spacial score (nSPS) is 17.8. The predicted molar refractivity (Wildman–Crippen MR) is 113 cm³/mol. The number of carbonyl (C=O) groups excluding carboxylic acids is 1. The Kier molecular flexibility index (Phi) is 5.54. The van der Waals surface area contributed by atoms with Gasteiger partial charge in [-0.1, -0.05) is 24.3 Å². The number of benzene rings is 1. The van der Waals surface area contributed by atoms with Gasteiger partial charge in [-0.3, -0.25) is 4.90 Å². The maximum Gasteiger partial charge on any atom is 0.340 e. The molecular formula is C21H26N2O4S2. The molecule has 0 fully saturated rings. The van der Waals surface area contributed by atoms with Gasteiger partial charge >= 0.3 is 5.97 Å². The highest BCUT2D eigenvalue weighted by molar-refractivity contribution is 7.91. The Hall–Kier alpha value is -1.74. The molecule has 0 bridgehead atoms. The van der Waals surface area contributed by atoms with Gasteiger partial charge in [-0.2, -0.15) is 4.31 Å². The van der Waals surface area contributed by atoms with E-state index in [9.17, 15) is 13.2 Å². The minimum atomic E-state index is -3.79. The summed E-state index contributed by atoms with van der Waals surface area (Å²) in [5.74, 6) is -0.559. The zero-order chi connectivity index (χ0) is 20.8. The highest BCUT2D eigenvalue weighted by Crippen LogP contribution is 2.39. The van der Waals surface area contributed by atoms with Gasteiger partial charge in [0, 0.05) is 37.1 Å². The van der Waals surface area contributed by atoms with Crippen molar-refractivity contribution in [2.75, 3.05) is 20.2 Å². The van der Waals surface area contributed by atoms with Crippen LogP contribution in [0.4, 0.5) is 0 Å². The molecule has 1 aromatic heterocycles. The molecule has 0 saturated carbocycles. The van der Waals surface area contributed by atoms with Crippen molar-refractivity contribution in [1.29, 1.82) is 0 Å². The van der Waals surface area contributed by atoms with Crippen molar-refractivity contribution in [3.63, 3.8) is 0 Å². The summed E-state index contributed by atoms with van der Waals surface area (Å²) in [7, 11) is -2.48. The minimum absolute atomic E-state index is 0.138. The zero-order valence-electron chi connectivity index (χ0n) is 17.0. The highest BCUT2D eigenvalue weighted by atomic mass is 32.2. The monoisotopic (exact) mass is 434 g/mol. The van der Waals surface area contributed by atoms with E-state index in [-0.39, 0.29) is 9.77 Å². The van der Waals surface area contributed by atoms with E-state index in [1.165, 1.54) is 28.3 Å². The average molecular weight is 435 g/mol. The van der Waals surface area contributed by atoms with Crippen molar-refractivity contribution in [2.24, 2.45) is 0 Å². The van der Waals surface area contributed by atoms with Crippen molar-refractivity contribution < 1.29 is 17.9 Å². The third kappa shape index (κ3) is 3.63. The number of thiophene rings is 1. The summed E-state index contributed by atoms with van der Waals surface area (Å²) in [6.45, 7) is 6.48. The first kappa shape index (κ1) is 20.5. The Labute approximate surface area is 176 Å². The second kappa shape index (κ2) is 7.83. The fourth-order valence-electron chi connectivity index (χ4n) is 4.12. The molecule has 0 unspecified atom stereocenters. The van der Waals surface area contributed by atoms with E-state index in [0.717, 1.165) is 22.5 Å². The molecule has 0 radical (unpaired) electrons. The van der Waals surface area contributed by atoms with Gasteiger partial charge in [0.1, 0.15) is 4.21 Å². The number of ether oxygens (including phenoxy) is 1. The summed E-state index contributed by atoms with van der Waals surface area (Å²) >= 11 is 1.24. The lowest BCUT2D eigenvalue weighted by molar-refractivity contribution is 0.0595. The van der Waals surface area contributed by atoms with Crippen LogP contribution in [0.2, 0.25) is 0 Å². The smallest absolute Gasteiger partial charge is 0.340 e. The number of nitrogens with zero attached hydrogens (tertiary/aromatic N) is 2. The Morgan fingerprint density at radius 2 is 1.83 bits per heavy atom. The first-order chi connectivity index (χ1) is 13.8. The van der Waals surface area contributed by atoms with E-state index >= 15 is 0 Å². The number of carbonyl (C=O) groups is 1. The summed E-state index contributed by atoms with van der Waals surface area (Å²) < 4.78 is 33.8. The Morgan fingerprint density at radius 3 is 2.52 bits per heavy atom. The van der Waals surface area contributed by atoms with Gasteiger partial charge in [-0.15, -0.1) is 11.3 Å². The van der Waals surface area contributed by atoms with Gasteiger partial charge in [-0.05, 0) is 43.4 Å². The number of hydrogen-bond donors (Lipinski definition) is 0. The molecule has 2 aliphatic heterocycles. The molecular weight excluding hydrogens is 408 g/mol. The summed E-state index contributed by atoms with van der Waals surface area (Å²) in [6, 6.07) is 8.29. The quantitative estimate of drug-likeness (QED) is 0.692. The number of esters is 1. The summed E-state index contributed by atoms with van der Waals surface area (Å²) in [6.07, 6.45) is 1.34. The van der Waals surface area contributed by atoms with Crippen LogP contribution in [-0.2, 0) is 40.7 Å². The number of hydrogen-bond acceptors (Lipinski definition) is 6. The maximum atomic E-state index is 13.6. The second-order valence-corrected chi connectivity index (χ2v) is 11.1. The second-order valence-electron chi connectivity index (χ2n) is 7.83. The van der Waals surface area contributed by atoms with Crippen LogP contribution in [0.1, 0.15) is 45.8 Å². The average Bonchev–Trinajstić information content (AvgIpc) is 3.12. The van der Waals surface area contributed by atoms with Crippen LogP contribution in [-0.4, -0.2) is 49.8 Å². The summed E-state index contributed by atoms with van der Waals surface area (Å²) in [5.41, 5.74) is 3.30. The van der Waals surface area contributed by atoms with Gasteiger partial charge in [0.05, 0.1) is 12.7 Å². The molecule has 6 nitrogen and oxygen atoms in total. The van der Waals surface area contributed by atoms with Crippen molar-refractivity contribution >= 4 is 27.3 Å². The Balaban J connectivity index is 1.75. The molecule has 3 heterocycles. The lowest BCUT2D eigenvalue weighted by Gasteiger charge is -2.30. The SMILES string of the molecule is COC(=O)c1c(S(=O)(=O)N2CCc3ccccc3C2)sc2c1CCN(C(C)C)C2. The van der Waals surface area contributed by atoms with Gasteiger partial charge in [0.15, 0.2) is 0 Å². The zero-order valence-corrected chi connectivity index (χ0v) is 18.6. The molecule has 29 heavy (non-hydrogen) atoms. The van der Waals surface area contributed by atoms with Crippen molar-refractivity contribution in [1.82, 2.24) is 9.21 Å². The summed E-state index contributed by atoms with van der Waals surface area (Å²) in [5, 5.41) is 0. The number of rotatable bonds is 4. The van der Waals surface area contributed by atoms with Crippen LogP contribution in [0.25, 0.3) is 0 Å². The highest BCUT2D eigenvalue weighted by Gasteiger charge is 2.38. The lowest BCUT2D eigenvalue weighted by Crippen LogP contribution is -2.36. The van der Waals surface area contributed by atoms with Crippen LogP contribution >= 0.6 is 11.3 Å². The molecule has 0 atom stereocenters. The van der Waals surface area contributed by atoms with Crippen LogP contribution in [0.15, 0.2) is 28.5 Å². The van der Waals surface area contributed by atoms with Gasteiger partial charge < -0.3 is 4.74 Å². The van der Waals surface area contributed by atoms with Crippen LogP contribution in [0, 0.1) is 0 Å². The fourth-order valence-corrected chi connectivity index (χ4v) is 7.59.